The summed E-state index contributed by atoms with van der Waals surface area (Å²) in [6, 6.07) is 10.9. The van der Waals surface area contributed by atoms with Crippen molar-refractivity contribution in [1.29, 1.82) is 0 Å². The maximum atomic E-state index is 14.7. The van der Waals surface area contributed by atoms with Crippen molar-refractivity contribution >= 4 is 29.0 Å². The molecular weight excluding hydrogens is 493 g/mol. The van der Waals surface area contributed by atoms with Crippen LogP contribution in [0.2, 0.25) is 5.02 Å². The van der Waals surface area contributed by atoms with Gasteiger partial charge in [-0.3, -0.25) is 0 Å². The number of rotatable bonds is 3. The zero-order chi connectivity index (χ0) is 26.3. The Morgan fingerprint density at radius 3 is 2.73 bits per heavy atom. The molecule has 0 aliphatic carbocycles. The van der Waals surface area contributed by atoms with Crippen LogP contribution in [0.4, 0.5) is 14.9 Å². The first kappa shape index (κ1) is 25.3. The van der Waals surface area contributed by atoms with Gasteiger partial charge in [-0.1, -0.05) is 41.1 Å². The Bertz CT molecular complexity index is 1360. The smallest absolute Gasteiger partial charge is 0.410 e. The molecule has 0 radical (unpaired) electrons. The average molecular weight is 524 g/mol. The summed E-state index contributed by atoms with van der Waals surface area (Å²) in [6.07, 6.45) is 3.18. The molecule has 3 aromatic rings. The van der Waals surface area contributed by atoms with Crippen LogP contribution in [0.3, 0.4) is 0 Å². The predicted octanol–water partition coefficient (Wildman–Crippen LogP) is 6.63. The lowest BCUT2D eigenvalue weighted by Crippen LogP contribution is -2.39. The Kier molecular flexibility index (Phi) is 6.70. The van der Waals surface area contributed by atoms with Crippen molar-refractivity contribution in [2.45, 2.75) is 58.7 Å². The fourth-order valence-electron chi connectivity index (χ4n) is 4.95. The largest absolute Gasteiger partial charge is 0.444 e. The molecule has 9 heteroatoms. The zero-order valence-corrected chi connectivity index (χ0v) is 22.3. The Balaban J connectivity index is 1.49. The molecule has 2 aromatic carbocycles. The monoisotopic (exact) mass is 523 g/mol. The van der Waals surface area contributed by atoms with Crippen LogP contribution in [0, 0.1) is 12.7 Å². The number of amides is 1. The molecule has 37 heavy (non-hydrogen) atoms. The van der Waals surface area contributed by atoms with Crippen molar-refractivity contribution in [2.24, 2.45) is 0 Å². The highest BCUT2D eigenvalue weighted by molar-refractivity contribution is 6.33. The number of carbonyl (C=O) groups is 1. The normalized spacial score (nSPS) is 17.4. The maximum Gasteiger partial charge on any atom is 0.410 e. The summed E-state index contributed by atoms with van der Waals surface area (Å²) in [5.74, 6) is -0.387. The molecule has 0 bridgehead atoms. The van der Waals surface area contributed by atoms with Crippen LogP contribution in [0.25, 0.3) is 16.8 Å². The van der Waals surface area contributed by atoms with E-state index in [0.717, 1.165) is 33.7 Å². The molecule has 0 saturated carbocycles. The van der Waals surface area contributed by atoms with E-state index in [1.54, 1.807) is 17.0 Å². The number of anilines is 1. The number of nitrogens with one attached hydrogen (secondary N) is 1. The lowest BCUT2D eigenvalue weighted by Gasteiger charge is -2.30. The summed E-state index contributed by atoms with van der Waals surface area (Å²) in [5.41, 5.74) is 5.88. The SMILES string of the molecule is Cc1nnn2c1-c1ccc(C3=CCN(C(=O)OC(C)(C)C)CC3)cc1C(Nc1c(F)cccc1Cl)CC2. The van der Waals surface area contributed by atoms with Gasteiger partial charge in [-0.05, 0) is 75.4 Å². The summed E-state index contributed by atoms with van der Waals surface area (Å²) in [4.78, 5) is 14.2. The van der Waals surface area contributed by atoms with Crippen molar-refractivity contribution in [3.05, 3.63) is 70.1 Å². The third-order valence-electron chi connectivity index (χ3n) is 6.73. The van der Waals surface area contributed by atoms with Crippen LogP contribution >= 0.6 is 11.6 Å². The number of halogens is 2. The second-order valence-electron chi connectivity index (χ2n) is 10.5. The number of hydrogen-bond acceptors (Lipinski definition) is 5. The summed E-state index contributed by atoms with van der Waals surface area (Å²) in [6.45, 7) is 9.27. The summed E-state index contributed by atoms with van der Waals surface area (Å²) >= 11 is 6.36. The van der Waals surface area contributed by atoms with Crippen molar-refractivity contribution in [2.75, 3.05) is 18.4 Å². The van der Waals surface area contributed by atoms with Gasteiger partial charge in [-0.2, -0.15) is 0 Å². The number of hydrogen-bond donors (Lipinski definition) is 1. The summed E-state index contributed by atoms with van der Waals surface area (Å²) in [7, 11) is 0. The van der Waals surface area contributed by atoms with E-state index < -0.39 is 5.60 Å². The number of carbonyl (C=O) groups excluding carboxylic acids is 1. The first-order valence-electron chi connectivity index (χ1n) is 12.5. The molecule has 2 aliphatic rings. The Morgan fingerprint density at radius 1 is 1.22 bits per heavy atom. The quantitative estimate of drug-likeness (QED) is 0.417. The lowest BCUT2D eigenvalue weighted by molar-refractivity contribution is 0.0270. The van der Waals surface area contributed by atoms with Gasteiger partial charge in [0.2, 0.25) is 0 Å². The van der Waals surface area contributed by atoms with Crippen LogP contribution in [0.1, 0.15) is 56.5 Å². The van der Waals surface area contributed by atoms with Gasteiger partial charge in [0.05, 0.1) is 28.1 Å². The fourth-order valence-corrected chi connectivity index (χ4v) is 5.16. The number of aryl methyl sites for hydroxylation is 2. The topological polar surface area (TPSA) is 72.3 Å². The van der Waals surface area contributed by atoms with Crippen molar-refractivity contribution in [1.82, 2.24) is 19.9 Å². The molecule has 1 unspecified atom stereocenters. The summed E-state index contributed by atoms with van der Waals surface area (Å²) in [5, 5.41) is 12.3. The van der Waals surface area contributed by atoms with E-state index in [-0.39, 0.29) is 18.0 Å². The molecular formula is C28H31ClFN5O2. The maximum absolute atomic E-state index is 14.7. The molecule has 1 aromatic heterocycles. The highest BCUT2D eigenvalue weighted by Gasteiger charge is 2.28. The van der Waals surface area contributed by atoms with E-state index in [2.05, 4.69) is 39.9 Å². The van der Waals surface area contributed by atoms with Gasteiger partial charge < -0.3 is 15.0 Å². The van der Waals surface area contributed by atoms with Gasteiger partial charge in [0, 0.05) is 25.2 Å². The minimum Gasteiger partial charge on any atom is -0.444 e. The van der Waals surface area contributed by atoms with Crippen LogP contribution in [-0.2, 0) is 11.3 Å². The number of benzene rings is 2. The first-order valence-corrected chi connectivity index (χ1v) is 12.9. The van der Waals surface area contributed by atoms with Crippen molar-refractivity contribution < 1.29 is 13.9 Å². The minimum atomic E-state index is -0.527. The van der Waals surface area contributed by atoms with E-state index in [1.165, 1.54) is 6.07 Å². The molecule has 1 atom stereocenters. The van der Waals surface area contributed by atoms with Crippen molar-refractivity contribution in [3.8, 4) is 11.3 Å². The number of fused-ring (bicyclic) bond motifs is 3. The molecule has 0 fully saturated rings. The summed E-state index contributed by atoms with van der Waals surface area (Å²) < 4.78 is 22.1. The van der Waals surface area contributed by atoms with E-state index in [0.29, 0.717) is 43.2 Å². The zero-order valence-electron chi connectivity index (χ0n) is 21.5. The van der Waals surface area contributed by atoms with Gasteiger partial charge in [-0.25, -0.2) is 13.9 Å². The van der Waals surface area contributed by atoms with E-state index in [1.807, 2.05) is 32.4 Å². The molecule has 0 spiro atoms. The Morgan fingerprint density at radius 2 is 2.03 bits per heavy atom. The lowest BCUT2D eigenvalue weighted by atomic mass is 9.90. The number of aromatic nitrogens is 3. The standard InChI is InChI=1S/C28H31ClFN5O2/c1-17-26-20-9-8-19(18-10-13-34(14-11-18)27(36)37-28(2,3)4)16-21(20)24(12-15-35(26)33-32-17)31-25-22(29)6-5-7-23(25)30/h5-10,16,24,31H,11-15H2,1-4H3. The highest BCUT2D eigenvalue weighted by Crippen LogP contribution is 2.40. The van der Waals surface area contributed by atoms with E-state index >= 15 is 0 Å². The van der Waals surface area contributed by atoms with Crippen molar-refractivity contribution in [3.63, 3.8) is 0 Å². The predicted molar refractivity (Wildman–Crippen MR) is 143 cm³/mol. The minimum absolute atomic E-state index is 0.187. The van der Waals surface area contributed by atoms with Gasteiger partial charge in [0.25, 0.3) is 0 Å². The molecule has 194 valence electrons. The molecule has 2 aliphatic heterocycles. The highest BCUT2D eigenvalue weighted by atomic mass is 35.5. The van der Waals surface area contributed by atoms with Gasteiger partial charge in [0.15, 0.2) is 0 Å². The number of para-hydroxylation sites is 1. The molecule has 5 rings (SSSR count). The average Bonchev–Trinajstić information content (AvgIpc) is 3.14. The third kappa shape index (κ3) is 5.21. The van der Waals surface area contributed by atoms with Gasteiger partial charge >= 0.3 is 6.09 Å². The third-order valence-corrected chi connectivity index (χ3v) is 7.04. The first-order chi connectivity index (χ1) is 17.6. The number of nitrogens with zero attached hydrogens (tertiary/aromatic N) is 4. The molecule has 3 heterocycles. The van der Waals surface area contributed by atoms with Gasteiger partial charge in [0.1, 0.15) is 11.4 Å². The van der Waals surface area contributed by atoms with E-state index in [4.69, 9.17) is 16.3 Å². The van der Waals surface area contributed by atoms with Crippen LogP contribution in [0.5, 0.6) is 0 Å². The molecule has 1 amide bonds. The molecule has 1 N–H and O–H groups in total. The van der Waals surface area contributed by atoms with E-state index in [9.17, 15) is 9.18 Å². The molecule has 0 saturated heterocycles. The Hall–Kier alpha value is -3.39. The van der Waals surface area contributed by atoms with Crippen LogP contribution in [-0.4, -0.2) is 44.7 Å². The second-order valence-corrected chi connectivity index (χ2v) is 10.9. The Labute approximate surface area is 221 Å². The second kappa shape index (κ2) is 9.82. The van der Waals surface area contributed by atoms with Crippen LogP contribution < -0.4 is 5.32 Å². The fraction of sp³-hybridized carbons (Fsp3) is 0.393. The molecule has 7 nitrogen and oxygen atoms in total. The van der Waals surface area contributed by atoms with Crippen LogP contribution in [0.15, 0.2) is 42.5 Å². The van der Waals surface area contributed by atoms with Gasteiger partial charge in [-0.15, -0.1) is 5.10 Å². The number of ether oxygens (including phenoxy) is 1.